The Bertz CT molecular complexity index is 1480. The summed E-state index contributed by atoms with van der Waals surface area (Å²) in [7, 11) is 4.71. The highest BCUT2D eigenvalue weighted by molar-refractivity contribution is 6.30. The largest absolute Gasteiger partial charge is 0.496 e. The molecule has 1 atom stereocenters. The first-order valence-electron chi connectivity index (χ1n) is 13.6. The second-order valence-electron chi connectivity index (χ2n) is 9.75. The number of benzene rings is 4. The normalized spacial score (nSPS) is 11.3. The number of nitrogens with one attached hydrogen (secondary N) is 1. The van der Waals surface area contributed by atoms with Crippen molar-refractivity contribution in [2.75, 3.05) is 21.3 Å². The van der Waals surface area contributed by atoms with E-state index in [1.165, 1.54) is 0 Å². The molecule has 0 heterocycles. The van der Waals surface area contributed by atoms with Gasteiger partial charge in [-0.3, -0.25) is 9.59 Å². The molecule has 0 aromatic heterocycles. The third-order valence-electron chi connectivity index (χ3n) is 6.99. The molecule has 0 saturated carbocycles. The molecule has 4 aromatic rings. The Hall–Kier alpha value is -4.49. The molecule has 0 aliphatic carbocycles. The summed E-state index contributed by atoms with van der Waals surface area (Å²) in [6.45, 7) is 0.482. The monoisotopic (exact) mass is 586 g/mol. The molecule has 42 heavy (non-hydrogen) atoms. The highest BCUT2D eigenvalue weighted by Gasteiger charge is 2.30. The van der Waals surface area contributed by atoms with E-state index >= 15 is 0 Å². The van der Waals surface area contributed by atoms with Crippen LogP contribution in [0.2, 0.25) is 5.02 Å². The third-order valence-corrected chi connectivity index (χ3v) is 7.24. The Morgan fingerprint density at radius 2 is 1.38 bits per heavy atom. The van der Waals surface area contributed by atoms with E-state index in [1.54, 1.807) is 50.5 Å². The molecular weight excluding hydrogens is 552 g/mol. The lowest BCUT2D eigenvalue weighted by molar-refractivity contribution is -0.140. The van der Waals surface area contributed by atoms with Gasteiger partial charge in [-0.25, -0.2) is 0 Å². The summed E-state index contributed by atoms with van der Waals surface area (Å²) in [4.78, 5) is 29.7. The first kappa shape index (κ1) is 30.5. The predicted molar refractivity (Wildman–Crippen MR) is 164 cm³/mol. The van der Waals surface area contributed by atoms with Crippen molar-refractivity contribution in [1.82, 2.24) is 10.2 Å². The number of hydrogen-bond acceptors (Lipinski definition) is 5. The number of para-hydroxylation sites is 1. The molecule has 4 rings (SSSR count). The summed E-state index contributed by atoms with van der Waals surface area (Å²) in [5, 5.41) is 3.65. The second-order valence-corrected chi connectivity index (χ2v) is 10.2. The Morgan fingerprint density at radius 3 is 2.07 bits per heavy atom. The minimum absolute atomic E-state index is 0.0685. The van der Waals surface area contributed by atoms with Gasteiger partial charge in [0.2, 0.25) is 11.8 Å². The van der Waals surface area contributed by atoms with Crippen molar-refractivity contribution < 1.29 is 23.8 Å². The van der Waals surface area contributed by atoms with Gasteiger partial charge in [-0.05, 0) is 47.0 Å². The summed E-state index contributed by atoms with van der Waals surface area (Å²) in [6, 6.07) is 29.1. The van der Waals surface area contributed by atoms with Crippen LogP contribution in [-0.4, -0.2) is 44.1 Å². The highest BCUT2D eigenvalue weighted by Crippen LogP contribution is 2.28. The van der Waals surface area contributed by atoms with Crippen molar-refractivity contribution in [2.45, 2.75) is 32.0 Å². The maximum Gasteiger partial charge on any atom is 0.243 e. The lowest BCUT2D eigenvalue weighted by Gasteiger charge is -2.32. The number of carbonyl (C=O) groups excluding carboxylic acids is 2. The smallest absolute Gasteiger partial charge is 0.243 e. The van der Waals surface area contributed by atoms with E-state index in [2.05, 4.69) is 5.32 Å². The quantitative estimate of drug-likeness (QED) is 0.212. The zero-order valence-corrected chi connectivity index (χ0v) is 24.8. The van der Waals surface area contributed by atoms with Gasteiger partial charge in [0, 0.05) is 30.1 Å². The van der Waals surface area contributed by atoms with Crippen LogP contribution in [0.4, 0.5) is 0 Å². The van der Waals surface area contributed by atoms with Crippen LogP contribution < -0.4 is 19.5 Å². The number of rotatable bonds is 13. The van der Waals surface area contributed by atoms with Crippen molar-refractivity contribution in [2.24, 2.45) is 0 Å². The zero-order chi connectivity index (χ0) is 29.9. The molecule has 0 unspecified atom stereocenters. The molecule has 4 aromatic carbocycles. The first-order chi connectivity index (χ1) is 20.4. The van der Waals surface area contributed by atoms with Gasteiger partial charge in [-0.2, -0.15) is 0 Å². The van der Waals surface area contributed by atoms with Crippen LogP contribution in [0, 0.1) is 0 Å². The molecule has 1 N–H and O–H groups in total. The average molecular weight is 587 g/mol. The van der Waals surface area contributed by atoms with Gasteiger partial charge in [0.25, 0.3) is 0 Å². The molecule has 0 spiro atoms. The number of methoxy groups -OCH3 is 3. The third kappa shape index (κ3) is 8.04. The number of hydrogen-bond donors (Lipinski definition) is 1. The van der Waals surface area contributed by atoms with Crippen LogP contribution >= 0.6 is 11.6 Å². The van der Waals surface area contributed by atoms with E-state index < -0.39 is 6.04 Å². The minimum Gasteiger partial charge on any atom is -0.496 e. The summed E-state index contributed by atoms with van der Waals surface area (Å²) < 4.78 is 16.3. The fraction of sp³-hybridized carbons (Fsp3) is 0.235. The molecule has 0 fully saturated rings. The van der Waals surface area contributed by atoms with Gasteiger partial charge < -0.3 is 24.4 Å². The van der Waals surface area contributed by atoms with Crippen molar-refractivity contribution in [1.29, 1.82) is 0 Å². The molecule has 0 aliphatic rings. The van der Waals surface area contributed by atoms with E-state index in [-0.39, 0.29) is 31.3 Å². The predicted octanol–water partition coefficient (Wildman–Crippen LogP) is 5.86. The fourth-order valence-corrected chi connectivity index (χ4v) is 4.88. The topological polar surface area (TPSA) is 77.1 Å². The molecule has 0 radical (unpaired) electrons. The molecule has 0 bridgehead atoms. The van der Waals surface area contributed by atoms with E-state index in [4.69, 9.17) is 25.8 Å². The van der Waals surface area contributed by atoms with Crippen molar-refractivity contribution in [3.63, 3.8) is 0 Å². The Kier molecular flexibility index (Phi) is 10.8. The lowest BCUT2D eigenvalue weighted by Crippen LogP contribution is -2.50. The summed E-state index contributed by atoms with van der Waals surface area (Å²) >= 11 is 6.14. The highest BCUT2D eigenvalue weighted by atomic mass is 35.5. The number of amides is 2. The van der Waals surface area contributed by atoms with Crippen molar-refractivity contribution >= 4 is 23.4 Å². The van der Waals surface area contributed by atoms with Crippen LogP contribution in [0.5, 0.6) is 17.2 Å². The van der Waals surface area contributed by atoms with Crippen LogP contribution in [0.3, 0.4) is 0 Å². The van der Waals surface area contributed by atoms with E-state index in [1.807, 2.05) is 72.8 Å². The summed E-state index contributed by atoms with van der Waals surface area (Å²) in [5.74, 6) is 1.32. The Labute approximate surface area is 252 Å². The number of ether oxygens (including phenoxy) is 3. The molecule has 7 nitrogen and oxygen atoms in total. The zero-order valence-electron chi connectivity index (χ0n) is 24.0. The summed E-state index contributed by atoms with van der Waals surface area (Å²) in [5.41, 5.74) is 3.38. The lowest BCUT2D eigenvalue weighted by atomic mass is 10.0. The maximum absolute atomic E-state index is 14.1. The fourth-order valence-electron chi connectivity index (χ4n) is 4.76. The van der Waals surface area contributed by atoms with Gasteiger partial charge >= 0.3 is 0 Å². The van der Waals surface area contributed by atoms with Gasteiger partial charge in [0.15, 0.2) is 11.5 Å². The standard InChI is InChI=1S/C34H35ClN2O5/c1-40-30-12-8-7-11-27(30)22-36-34(39)29(19-24-9-5-4-6-10-24)37(23-25-13-16-28(35)17-14-25)33(38)21-26-15-18-31(41-2)32(20-26)42-3/h4-18,20,29H,19,21-23H2,1-3H3,(H,36,39)/t29-/m1/s1. The minimum atomic E-state index is -0.787. The summed E-state index contributed by atoms with van der Waals surface area (Å²) in [6.07, 6.45) is 0.406. The number of nitrogens with zero attached hydrogens (tertiary/aromatic N) is 1. The van der Waals surface area contributed by atoms with E-state index in [0.717, 1.165) is 22.3 Å². The van der Waals surface area contributed by atoms with Gasteiger partial charge in [-0.15, -0.1) is 0 Å². The van der Waals surface area contributed by atoms with Gasteiger partial charge in [-0.1, -0.05) is 78.3 Å². The van der Waals surface area contributed by atoms with E-state index in [9.17, 15) is 9.59 Å². The first-order valence-corrected chi connectivity index (χ1v) is 14.0. The Balaban J connectivity index is 1.67. The molecule has 8 heteroatoms. The van der Waals surface area contributed by atoms with E-state index in [0.29, 0.717) is 28.7 Å². The number of carbonyl (C=O) groups is 2. The molecular formula is C34H35ClN2O5. The van der Waals surface area contributed by atoms with Crippen LogP contribution in [0.15, 0.2) is 97.1 Å². The second kappa shape index (κ2) is 14.9. The molecule has 0 aliphatic heterocycles. The van der Waals surface area contributed by atoms with Crippen molar-refractivity contribution in [3.05, 3.63) is 124 Å². The molecule has 2 amide bonds. The van der Waals surface area contributed by atoms with Gasteiger partial charge in [0.1, 0.15) is 11.8 Å². The van der Waals surface area contributed by atoms with Gasteiger partial charge in [0.05, 0.1) is 27.8 Å². The SMILES string of the molecule is COc1ccccc1CNC(=O)[C@@H](Cc1ccccc1)N(Cc1ccc(Cl)cc1)C(=O)Cc1ccc(OC)c(OC)c1. The van der Waals surface area contributed by atoms with Crippen LogP contribution in [-0.2, 0) is 35.5 Å². The van der Waals surface area contributed by atoms with Crippen molar-refractivity contribution in [3.8, 4) is 17.2 Å². The number of halogens is 1. The molecule has 0 saturated heterocycles. The maximum atomic E-state index is 14.1. The average Bonchev–Trinajstić information content (AvgIpc) is 3.02. The van der Waals surface area contributed by atoms with Crippen LogP contribution in [0.1, 0.15) is 22.3 Å². The Morgan fingerprint density at radius 1 is 0.738 bits per heavy atom. The molecule has 218 valence electrons. The van der Waals surface area contributed by atoms with Crippen LogP contribution in [0.25, 0.3) is 0 Å².